The topological polar surface area (TPSA) is 41.5 Å². The lowest BCUT2D eigenvalue weighted by Gasteiger charge is -2.15. The Morgan fingerprint density at radius 3 is 2.76 bits per heavy atom. The molecule has 2 aromatic rings. The van der Waals surface area contributed by atoms with E-state index in [9.17, 15) is 9.50 Å². The van der Waals surface area contributed by atoms with Gasteiger partial charge in [-0.3, -0.25) is 0 Å². The predicted molar refractivity (Wildman–Crippen MR) is 80.4 cm³/mol. The Morgan fingerprint density at radius 2 is 2.10 bits per heavy atom. The highest BCUT2D eigenvalue weighted by molar-refractivity contribution is 5.56. The Kier molecular flexibility index (Phi) is 3.69. The smallest absolute Gasteiger partial charge is 0.168 e. The maximum Gasteiger partial charge on any atom is 0.168 e. The Balaban J connectivity index is 1.84. The number of phenolic OH excluding ortho intramolecular Hbond substituents is 1. The molecule has 0 atom stereocenters. The van der Waals surface area contributed by atoms with Gasteiger partial charge in [-0.2, -0.15) is 0 Å². The van der Waals surface area contributed by atoms with Gasteiger partial charge in [-0.25, -0.2) is 4.39 Å². The molecule has 0 bridgehead atoms. The molecule has 21 heavy (non-hydrogen) atoms. The normalized spacial score (nSPS) is 14.0. The van der Waals surface area contributed by atoms with E-state index in [0.29, 0.717) is 12.5 Å². The Morgan fingerprint density at radius 1 is 1.29 bits per heavy atom. The first-order chi connectivity index (χ1) is 10.2. The van der Waals surface area contributed by atoms with Crippen molar-refractivity contribution in [2.75, 3.05) is 12.4 Å². The van der Waals surface area contributed by atoms with Gasteiger partial charge in [-0.15, -0.1) is 0 Å². The number of benzene rings is 2. The summed E-state index contributed by atoms with van der Waals surface area (Å²) in [5, 5.41) is 12.4. The first-order valence-electron chi connectivity index (χ1n) is 7.10. The van der Waals surface area contributed by atoms with Crippen molar-refractivity contribution < 1.29 is 14.2 Å². The van der Waals surface area contributed by atoms with E-state index in [2.05, 4.69) is 11.4 Å². The van der Waals surface area contributed by atoms with Crippen LogP contribution in [0, 0.1) is 5.82 Å². The van der Waals surface area contributed by atoms with E-state index in [1.165, 1.54) is 30.5 Å². The number of rotatable bonds is 5. The van der Waals surface area contributed by atoms with Crippen molar-refractivity contribution in [3.8, 4) is 11.5 Å². The minimum absolute atomic E-state index is 0.103. The summed E-state index contributed by atoms with van der Waals surface area (Å²) in [5.74, 6) is 0.0982. The van der Waals surface area contributed by atoms with Crippen LogP contribution in [0.4, 0.5) is 10.1 Å². The van der Waals surface area contributed by atoms with Crippen LogP contribution >= 0.6 is 0 Å². The van der Waals surface area contributed by atoms with Crippen LogP contribution in [0.3, 0.4) is 0 Å². The monoisotopic (exact) mass is 287 g/mol. The highest BCUT2D eigenvalue weighted by Crippen LogP contribution is 2.43. The van der Waals surface area contributed by atoms with Crippen LogP contribution in [0.25, 0.3) is 0 Å². The van der Waals surface area contributed by atoms with Crippen molar-refractivity contribution in [1.29, 1.82) is 0 Å². The van der Waals surface area contributed by atoms with Gasteiger partial charge in [0.1, 0.15) is 12.4 Å². The van der Waals surface area contributed by atoms with E-state index < -0.39 is 5.82 Å². The van der Waals surface area contributed by atoms with Gasteiger partial charge < -0.3 is 15.2 Å². The molecule has 2 N–H and O–H groups in total. The maximum absolute atomic E-state index is 13.7. The molecule has 0 spiro atoms. The summed E-state index contributed by atoms with van der Waals surface area (Å²) < 4.78 is 19.3. The van der Waals surface area contributed by atoms with Crippen LogP contribution in [0.2, 0.25) is 0 Å². The lowest BCUT2D eigenvalue weighted by molar-refractivity contribution is 0.288. The van der Waals surface area contributed by atoms with E-state index in [1.807, 2.05) is 19.2 Å². The molecule has 3 rings (SSSR count). The number of aromatic hydroxyl groups is 1. The van der Waals surface area contributed by atoms with E-state index in [-0.39, 0.29) is 11.5 Å². The van der Waals surface area contributed by atoms with Crippen LogP contribution in [-0.2, 0) is 6.61 Å². The average Bonchev–Trinajstić information content (AvgIpc) is 3.30. The Labute approximate surface area is 123 Å². The molecule has 3 nitrogen and oxygen atoms in total. The third-order valence-corrected chi connectivity index (χ3v) is 3.79. The maximum atomic E-state index is 13.7. The van der Waals surface area contributed by atoms with Gasteiger partial charge in [0.15, 0.2) is 11.6 Å². The SMILES string of the molecule is CNc1cccc(C2CC2)c1COc1ccc(O)cc1F. The van der Waals surface area contributed by atoms with Crippen molar-refractivity contribution in [3.63, 3.8) is 0 Å². The molecule has 0 radical (unpaired) electrons. The third-order valence-electron chi connectivity index (χ3n) is 3.79. The van der Waals surface area contributed by atoms with Crippen LogP contribution in [0.5, 0.6) is 11.5 Å². The van der Waals surface area contributed by atoms with Gasteiger partial charge >= 0.3 is 0 Å². The summed E-state index contributed by atoms with van der Waals surface area (Å²) in [6, 6.07) is 10.1. The number of anilines is 1. The number of nitrogens with one attached hydrogen (secondary N) is 1. The van der Waals surface area contributed by atoms with Crippen molar-refractivity contribution in [3.05, 3.63) is 53.3 Å². The molecule has 0 amide bonds. The average molecular weight is 287 g/mol. The second-order valence-corrected chi connectivity index (χ2v) is 5.30. The number of halogens is 1. The molecule has 4 heteroatoms. The molecular weight excluding hydrogens is 269 g/mol. The summed E-state index contributed by atoms with van der Waals surface area (Å²) in [4.78, 5) is 0. The first-order valence-corrected chi connectivity index (χ1v) is 7.10. The van der Waals surface area contributed by atoms with Crippen molar-refractivity contribution in [1.82, 2.24) is 0 Å². The Hall–Kier alpha value is -2.23. The predicted octanol–water partition coefficient (Wildman–Crippen LogP) is 4.03. The second kappa shape index (κ2) is 5.64. The van der Waals surface area contributed by atoms with Gasteiger partial charge in [-0.05, 0) is 42.5 Å². The summed E-state index contributed by atoms with van der Waals surface area (Å²) in [6.07, 6.45) is 2.40. The second-order valence-electron chi connectivity index (χ2n) is 5.30. The van der Waals surface area contributed by atoms with Crippen LogP contribution in [-0.4, -0.2) is 12.2 Å². The molecule has 2 aromatic carbocycles. The van der Waals surface area contributed by atoms with Gasteiger partial charge in [0, 0.05) is 24.4 Å². The molecule has 1 aliphatic rings. The van der Waals surface area contributed by atoms with Gasteiger partial charge in [0.25, 0.3) is 0 Å². The van der Waals surface area contributed by atoms with E-state index in [0.717, 1.165) is 17.3 Å². The fraction of sp³-hybridized carbons (Fsp3) is 0.294. The highest BCUT2D eigenvalue weighted by Gasteiger charge is 2.27. The molecule has 0 aromatic heterocycles. The summed E-state index contributed by atoms with van der Waals surface area (Å²) in [6.45, 7) is 0.310. The van der Waals surface area contributed by atoms with Crippen molar-refractivity contribution >= 4 is 5.69 Å². The summed E-state index contributed by atoms with van der Waals surface area (Å²) in [7, 11) is 1.87. The fourth-order valence-electron chi connectivity index (χ4n) is 2.53. The van der Waals surface area contributed by atoms with E-state index in [4.69, 9.17) is 4.74 Å². The lowest BCUT2D eigenvalue weighted by Crippen LogP contribution is -2.05. The largest absolute Gasteiger partial charge is 0.508 e. The quantitative estimate of drug-likeness (QED) is 0.872. The molecule has 1 fully saturated rings. The van der Waals surface area contributed by atoms with Crippen LogP contribution in [0.1, 0.15) is 29.9 Å². The molecule has 1 saturated carbocycles. The standard InChI is InChI=1S/C17H18FNO2/c1-19-16-4-2-3-13(11-5-6-11)14(16)10-21-17-8-7-12(20)9-15(17)18/h2-4,7-9,11,19-20H,5-6,10H2,1H3. The summed E-state index contributed by atoms with van der Waals surface area (Å²) >= 11 is 0. The highest BCUT2D eigenvalue weighted by atomic mass is 19.1. The molecular formula is C17H18FNO2. The molecule has 1 aliphatic carbocycles. The Bertz CT molecular complexity index is 653. The van der Waals surface area contributed by atoms with Crippen LogP contribution in [0.15, 0.2) is 36.4 Å². The zero-order valence-corrected chi connectivity index (χ0v) is 11.9. The van der Waals surface area contributed by atoms with Gasteiger partial charge in [-0.1, -0.05) is 12.1 Å². The molecule has 0 aliphatic heterocycles. The molecule has 110 valence electrons. The number of ether oxygens (including phenoxy) is 1. The minimum Gasteiger partial charge on any atom is -0.508 e. The van der Waals surface area contributed by atoms with Gasteiger partial charge in [0.2, 0.25) is 0 Å². The van der Waals surface area contributed by atoms with Crippen molar-refractivity contribution in [2.45, 2.75) is 25.4 Å². The number of hydrogen-bond donors (Lipinski definition) is 2. The lowest BCUT2D eigenvalue weighted by atomic mass is 10.0. The zero-order chi connectivity index (χ0) is 14.8. The summed E-state index contributed by atoms with van der Waals surface area (Å²) in [5.41, 5.74) is 3.37. The van der Waals surface area contributed by atoms with Gasteiger partial charge in [0.05, 0.1) is 0 Å². The molecule has 0 heterocycles. The minimum atomic E-state index is -0.551. The third kappa shape index (κ3) is 2.94. The van der Waals surface area contributed by atoms with E-state index >= 15 is 0 Å². The first kappa shape index (κ1) is 13.7. The molecule has 0 saturated heterocycles. The zero-order valence-electron chi connectivity index (χ0n) is 11.9. The number of hydrogen-bond acceptors (Lipinski definition) is 3. The van der Waals surface area contributed by atoms with Crippen molar-refractivity contribution in [2.24, 2.45) is 0 Å². The van der Waals surface area contributed by atoms with Crippen LogP contribution < -0.4 is 10.1 Å². The fourth-order valence-corrected chi connectivity index (χ4v) is 2.53. The van der Waals surface area contributed by atoms with E-state index in [1.54, 1.807) is 0 Å². The molecule has 0 unspecified atom stereocenters. The number of phenols is 1.